The van der Waals surface area contributed by atoms with Crippen LogP contribution in [-0.2, 0) is 10.0 Å². The topological polar surface area (TPSA) is 143 Å². The molecule has 0 bridgehead atoms. The van der Waals surface area contributed by atoms with Crippen LogP contribution in [0.15, 0.2) is 59.9 Å². The van der Waals surface area contributed by atoms with Crippen LogP contribution in [0.3, 0.4) is 0 Å². The van der Waals surface area contributed by atoms with Crippen molar-refractivity contribution < 1.29 is 13.2 Å². The van der Waals surface area contributed by atoms with Gasteiger partial charge in [-0.2, -0.15) is 0 Å². The van der Waals surface area contributed by atoms with Crippen molar-refractivity contribution in [2.45, 2.75) is 18.7 Å². The molecule has 0 aliphatic heterocycles. The Bertz CT molecular complexity index is 1180. The van der Waals surface area contributed by atoms with E-state index >= 15 is 0 Å². The van der Waals surface area contributed by atoms with Gasteiger partial charge in [-0.15, -0.1) is 0 Å². The summed E-state index contributed by atoms with van der Waals surface area (Å²) in [4.78, 5) is 27.2. The molecule has 4 N–H and O–H groups in total. The molecular formula is C22H27N7O3S. The molecule has 0 saturated heterocycles. The first kappa shape index (κ1) is 24.2. The van der Waals surface area contributed by atoms with E-state index in [4.69, 9.17) is 5.73 Å². The largest absolute Gasteiger partial charge is 0.382 e. The van der Waals surface area contributed by atoms with E-state index in [9.17, 15) is 13.2 Å². The second-order valence-electron chi connectivity index (χ2n) is 7.13. The smallest absolute Gasteiger partial charge is 0.278 e. The number of nitrogens with one attached hydrogen (secondary N) is 2. The predicted molar refractivity (Wildman–Crippen MR) is 127 cm³/mol. The fourth-order valence-electron chi connectivity index (χ4n) is 3.10. The van der Waals surface area contributed by atoms with Crippen molar-refractivity contribution in [1.82, 2.24) is 24.6 Å². The van der Waals surface area contributed by atoms with E-state index in [2.05, 4.69) is 29.9 Å². The number of amides is 1. The van der Waals surface area contributed by atoms with Gasteiger partial charge in [-0.25, -0.2) is 23.1 Å². The summed E-state index contributed by atoms with van der Waals surface area (Å²) in [5.74, 6) is -0.539. The SMILES string of the molecule is CCN(CC)CCNS(=O)(=O)c1ccc(-c2cnc(N)c(C(=O)Nc3cccnc3)n2)cc1. The van der Waals surface area contributed by atoms with Crippen molar-refractivity contribution in [3.8, 4) is 11.3 Å². The number of nitrogens with two attached hydrogens (primary N) is 1. The molecule has 0 spiro atoms. The van der Waals surface area contributed by atoms with Gasteiger partial charge >= 0.3 is 0 Å². The number of aromatic nitrogens is 3. The third-order valence-electron chi connectivity index (χ3n) is 5.01. The lowest BCUT2D eigenvalue weighted by molar-refractivity contribution is 0.102. The Morgan fingerprint density at radius 2 is 1.82 bits per heavy atom. The molecule has 2 aromatic heterocycles. The molecule has 1 amide bonds. The highest BCUT2D eigenvalue weighted by Gasteiger charge is 2.17. The van der Waals surface area contributed by atoms with E-state index in [1.54, 1.807) is 30.5 Å². The summed E-state index contributed by atoms with van der Waals surface area (Å²) in [5, 5.41) is 2.67. The number of benzene rings is 1. The average molecular weight is 470 g/mol. The van der Waals surface area contributed by atoms with Crippen molar-refractivity contribution in [3.63, 3.8) is 0 Å². The molecule has 3 rings (SSSR count). The van der Waals surface area contributed by atoms with Gasteiger partial charge in [0.2, 0.25) is 10.0 Å². The van der Waals surface area contributed by atoms with E-state index in [0.29, 0.717) is 30.0 Å². The first-order valence-corrected chi connectivity index (χ1v) is 12.0. The van der Waals surface area contributed by atoms with Crippen molar-refractivity contribution in [1.29, 1.82) is 0 Å². The summed E-state index contributed by atoms with van der Waals surface area (Å²) < 4.78 is 27.8. The Morgan fingerprint density at radius 3 is 2.45 bits per heavy atom. The first-order chi connectivity index (χ1) is 15.8. The van der Waals surface area contributed by atoms with Gasteiger partial charge in [0, 0.05) is 24.8 Å². The van der Waals surface area contributed by atoms with Crippen molar-refractivity contribution in [2.75, 3.05) is 37.2 Å². The molecule has 0 aliphatic carbocycles. The second kappa shape index (κ2) is 10.9. The summed E-state index contributed by atoms with van der Waals surface area (Å²) in [6, 6.07) is 9.58. The number of hydrogen-bond acceptors (Lipinski definition) is 8. The summed E-state index contributed by atoms with van der Waals surface area (Å²) >= 11 is 0. The highest BCUT2D eigenvalue weighted by atomic mass is 32.2. The lowest BCUT2D eigenvalue weighted by Gasteiger charge is -2.18. The standard InChI is InChI=1S/C22H27N7O3S/c1-3-29(4-2)13-12-26-33(31,32)18-9-7-16(8-10-18)19-15-25-21(23)20(28-19)22(30)27-17-6-5-11-24-14-17/h5-11,14-15,26H,3-4,12-13H2,1-2H3,(H2,23,25)(H,27,30). The molecule has 11 heteroatoms. The minimum absolute atomic E-state index is 0.0169. The fraction of sp³-hybridized carbons (Fsp3) is 0.273. The van der Waals surface area contributed by atoms with E-state index in [0.717, 1.165) is 13.1 Å². The van der Waals surface area contributed by atoms with E-state index in [1.807, 2.05) is 13.8 Å². The minimum Gasteiger partial charge on any atom is -0.382 e. The van der Waals surface area contributed by atoms with Crippen molar-refractivity contribution >= 4 is 27.4 Å². The molecule has 0 aliphatic rings. The van der Waals surface area contributed by atoms with Crippen LogP contribution in [0.1, 0.15) is 24.3 Å². The van der Waals surface area contributed by atoms with Crippen molar-refractivity contribution in [2.24, 2.45) is 0 Å². The Morgan fingerprint density at radius 1 is 1.09 bits per heavy atom. The molecule has 0 fully saturated rings. The maximum atomic E-state index is 12.6. The Balaban J connectivity index is 1.74. The number of likely N-dealkylation sites (N-methyl/N-ethyl adjacent to an activating group) is 1. The molecule has 2 heterocycles. The molecule has 0 radical (unpaired) electrons. The highest BCUT2D eigenvalue weighted by Crippen LogP contribution is 2.21. The number of nitrogen functional groups attached to an aromatic ring is 1. The highest BCUT2D eigenvalue weighted by molar-refractivity contribution is 7.89. The van der Waals surface area contributed by atoms with Gasteiger partial charge < -0.3 is 16.0 Å². The third-order valence-corrected chi connectivity index (χ3v) is 6.49. The van der Waals surface area contributed by atoms with Crippen LogP contribution in [0, 0.1) is 0 Å². The fourth-order valence-corrected chi connectivity index (χ4v) is 4.12. The molecule has 0 atom stereocenters. The maximum Gasteiger partial charge on any atom is 0.278 e. The van der Waals surface area contributed by atoms with Crippen LogP contribution in [0.5, 0.6) is 0 Å². The monoisotopic (exact) mass is 469 g/mol. The van der Waals surface area contributed by atoms with Crippen LogP contribution in [0.2, 0.25) is 0 Å². The number of rotatable bonds is 10. The zero-order valence-corrected chi connectivity index (χ0v) is 19.3. The van der Waals surface area contributed by atoms with Crippen LogP contribution < -0.4 is 15.8 Å². The van der Waals surface area contributed by atoms with Gasteiger partial charge in [0.25, 0.3) is 5.91 Å². The van der Waals surface area contributed by atoms with Gasteiger partial charge in [0.15, 0.2) is 11.5 Å². The number of carbonyl (C=O) groups excluding carboxylic acids is 1. The summed E-state index contributed by atoms with van der Waals surface area (Å²) in [5.41, 5.74) is 7.30. The average Bonchev–Trinajstić information content (AvgIpc) is 2.83. The zero-order chi connectivity index (χ0) is 23.8. The quantitative estimate of drug-likeness (QED) is 0.409. The van der Waals surface area contributed by atoms with E-state index in [1.165, 1.54) is 24.5 Å². The lowest BCUT2D eigenvalue weighted by atomic mass is 10.1. The molecule has 1 aromatic carbocycles. The Labute approximate surface area is 193 Å². The van der Waals surface area contributed by atoms with Gasteiger partial charge in [-0.05, 0) is 37.4 Å². The number of pyridine rings is 1. The zero-order valence-electron chi connectivity index (χ0n) is 18.5. The number of nitrogens with zero attached hydrogens (tertiary/aromatic N) is 4. The summed E-state index contributed by atoms with van der Waals surface area (Å²) in [6.07, 6.45) is 4.53. The van der Waals surface area contributed by atoms with Gasteiger partial charge in [0.05, 0.1) is 28.7 Å². The van der Waals surface area contributed by atoms with Gasteiger partial charge in [0.1, 0.15) is 0 Å². The molecule has 33 heavy (non-hydrogen) atoms. The Hall–Kier alpha value is -3.41. The van der Waals surface area contributed by atoms with Crippen LogP contribution >= 0.6 is 0 Å². The van der Waals surface area contributed by atoms with Crippen LogP contribution in [0.4, 0.5) is 11.5 Å². The number of anilines is 2. The third kappa shape index (κ3) is 6.31. The minimum atomic E-state index is -3.64. The normalized spacial score (nSPS) is 11.5. The lowest BCUT2D eigenvalue weighted by Crippen LogP contribution is -2.34. The first-order valence-electron chi connectivity index (χ1n) is 10.5. The predicted octanol–water partition coefficient (Wildman–Crippen LogP) is 1.99. The maximum absolute atomic E-state index is 12.6. The molecule has 10 nitrogen and oxygen atoms in total. The molecule has 3 aromatic rings. The molecule has 174 valence electrons. The summed E-state index contributed by atoms with van der Waals surface area (Å²) in [7, 11) is -3.64. The van der Waals surface area contributed by atoms with Gasteiger partial charge in [-0.3, -0.25) is 9.78 Å². The second-order valence-corrected chi connectivity index (χ2v) is 8.90. The summed E-state index contributed by atoms with van der Waals surface area (Å²) in [6.45, 7) is 6.74. The van der Waals surface area contributed by atoms with E-state index in [-0.39, 0.29) is 16.4 Å². The van der Waals surface area contributed by atoms with Gasteiger partial charge in [-0.1, -0.05) is 26.0 Å². The molecule has 0 saturated carbocycles. The van der Waals surface area contributed by atoms with E-state index < -0.39 is 15.9 Å². The van der Waals surface area contributed by atoms with Crippen LogP contribution in [-0.4, -0.2) is 60.4 Å². The van der Waals surface area contributed by atoms with Crippen LogP contribution in [0.25, 0.3) is 11.3 Å². The number of sulfonamides is 1. The van der Waals surface area contributed by atoms with Crippen molar-refractivity contribution in [3.05, 3.63) is 60.7 Å². The molecular weight excluding hydrogens is 442 g/mol. The number of hydrogen-bond donors (Lipinski definition) is 3. The number of carbonyl (C=O) groups is 1. The Kier molecular flexibility index (Phi) is 8.04. The molecule has 0 unspecified atom stereocenters.